The van der Waals surface area contributed by atoms with Crippen LogP contribution in [0.4, 0.5) is 5.69 Å². The Hall–Kier alpha value is -1.79. The number of anilines is 1. The summed E-state index contributed by atoms with van der Waals surface area (Å²) in [6.45, 7) is 5.97. The minimum absolute atomic E-state index is 0.0130. The van der Waals surface area contributed by atoms with Gasteiger partial charge in [0, 0.05) is 63.1 Å². The summed E-state index contributed by atoms with van der Waals surface area (Å²) in [5.74, 6) is -0.106. The number of hydrogen-bond donors (Lipinski definition) is 0. The number of carbonyl (C=O) groups excluding carboxylic acids is 2. The maximum absolute atomic E-state index is 12.4. The third kappa shape index (κ3) is 4.64. The summed E-state index contributed by atoms with van der Waals surface area (Å²) in [5.41, 5.74) is 1.08. The Kier molecular flexibility index (Phi) is 5.81. The molecule has 25 heavy (non-hydrogen) atoms. The predicted octanol–water partition coefficient (Wildman–Crippen LogP) is 1.15. The summed E-state index contributed by atoms with van der Waals surface area (Å²) in [6, 6.07) is 7.76. The first-order chi connectivity index (χ1) is 12.0. The zero-order valence-corrected chi connectivity index (χ0v) is 15.4. The first-order valence-electron chi connectivity index (χ1n) is 8.77. The Morgan fingerprint density at radius 2 is 1.48 bits per heavy atom. The molecule has 2 aliphatic heterocycles. The van der Waals surface area contributed by atoms with Crippen molar-refractivity contribution in [3.05, 3.63) is 29.3 Å². The smallest absolute Gasteiger partial charge is 0.232 e. The van der Waals surface area contributed by atoms with E-state index in [2.05, 4.69) is 9.80 Å². The fraction of sp³-hybridized carbons (Fsp3) is 0.556. The van der Waals surface area contributed by atoms with Gasteiger partial charge in [0.05, 0.1) is 0 Å². The molecule has 0 N–H and O–H groups in total. The summed E-state index contributed by atoms with van der Waals surface area (Å²) in [7, 11) is 2.05. The first-order valence-corrected chi connectivity index (χ1v) is 9.15. The van der Waals surface area contributed by atoms with E-state index in [1.165, 1.54) is 0 Å². The van der Waals surface area contributed by atoms with Crippen molar-refractivity contribution in [1.82, 2.24) is 14.7 Å². The summed E-state index contributed by atoms with van der Waals surface area (Å²) in [5, 5.41) is 0.716. The molecular weight excluding hydrogens is 340 g/mol. The van der Waals surface area contributed by atoms with Crippen molar-refractivity contribution < 1.29 is 9.59 Å². The van der Waals surface area contributed by atoms with Gasteiger partial charge in [-0.05, 0) is 25.2 Å². The average molecular weight is 365 g/mol. The molecule has 3 rings (SSSR count). The number of piperazine rings is 2. The van der Waals surface area contributed by atoms with Gasteiger partial charge in [-0.25, -0.2) is 0 Å². The van der Waals surface area contributed by atoms with Crippen LogP contribution in [0.25, 0.3) is 0 Å². The van der Waals surface area contributed by atoms with E-state index in [1.807, 2.05) is 31.3 Å². The van der Waals surface area contributed by atoms with Gasteiger partial charge in [-0.3, -0.25) is 9.59 Å². The number of halogens is 1. The molecule has 7 heteroatoms. The van der Waals surface area contributed by atoms with E-state index >= 15 is 0 Å². The lowest BCUT2D eigenvalue weighted by molar-refractivity contribution is -0.141. The molecule has 0 spiro atoms. The van der Waals surface area contributed by atoms with Crippen LogP contribution in [-0.4, -0.2) is 85.9 Å². The Labute approximate surface area is 153 Å². The molecule has 2 saturated heterocycles. The van der Waals surface area contributed by atoms with E-state index < -0.39 is 0 Å². The first kappa shape index (κ1) is 18.0. The van der Waals surface area contributed by atoms with Crippen molar-refractivity contribution in [3.63, 3.8) is 0 Å². The molecule has 0 unspecified atom stereocenters. The van der Waals surface area contributed by atoms with Gasteiger partial charge in [-0.15, -0.1) is 0 Å². The average Bonchev–Trinajstić information content (AvgIpc) is 2.62. The van der Waals surface area contributed by atoms with Gasteiger partial charge < -0.3 is 19.6 Å². The molecule has 0 saturated carbocycles. The van der Waals surface area contributed by atoms with Crippen molar-refractivity contribution in [1.29, 1.82) is 0 Å². The minimum Gasteiger partial charge on any atom is -0.368 e. The lowest BCUT2D eigenvalue weighted by Crippen LogP contribution is -2.51. The monoisotopic (exact) mass is 364 g/mol. The van der Waals surface area contributed by atoms with Gasteiger partial charge in [-0.1, -0.05) is 17.7 Å². The van der Waals surface area contributed by atoms with E-state index in [4.69, 9.17) is 11.6 Å². The SMILES string of the molecule is CN1CCN(C(=O)CC(=O)N2CCN(c3cccc(Cl)c3)CC2)CC1. The van der Waals surface area contributed by atoms with Crippen LogP contribution in [0.15, 0.2) is 24.3 Å². The standard InChI is InChI=1S/C18H25ClN4O2/c1-20-5-7-22(8-6-20)17(24)14-18(25)23-11-9-21(10-12-23)16-4-2-3-15(19)13-16/h2-4,13H,5-12,14H2,1H3. The number of carbonyl (C=O) groups is 2. The lowest BCUT2D eigenvalue weighted by Gasteiger charge is -2.37. The summed E-state index contributed by atoms with van der Waals surface area (Å²) in [4.78, 5) is 32.8. The van der Waals surface area contributed by atoms with Crippen LogP contribution in [0.3, 0.4) is 0 Å². The molecule has 0 radical (unpaired) electrons. The Morgan fingerprint density at radius 1 is 0.920 bits per heavy atom. The van der Waals surface area contributed by atoms with Crippen LogP contribution < -0.4 is 4.90 Å². The molecule has 1 aromatic rings. The second-order valence-corrected chi connectivity index (χ2v) is 7.14. The minimum atomic E-state index is -0.0605. The van der Waals surface area contributed by atoms with Crippen LogP contribution in [0, 0.1) is 0 Å². The lowest BCUT2D eigenvalue weighted by atomic mass is 10.2. The van der Waals surface area contributed by atoms with E-state index in [-0.39, 0.29) is 18.2 Å². The maximum atomic E-state index is 12.4. The summed E-state index contributed by atoms with van der Waals surface area (Å²) >= 11 is 6.05. The number of amides is 2. The largest absolute Gasteiger partial charge is 0.368 e. The molecule has 2 amide bonds. The highest BCUT2D eigenvalue weighted by atomic mass is 35.5. The van der Waals surface area contributed by atoms with Gasteiger partial charge in [0.25, 0.3) is 0 Å². The molecule has 1 aromatic carbocycles. The third-order valence-corrected chi connectivity index (χ3v) is 5.20. The number of rotatable bonds is 3. The quantitative estimate of drug-likeness (QED) is 0.755. The predicted molar refractivity (Wildman–Crippen MR) is 98.9 cm³/mol. The third-order valence-electron chi connectivity index (χ3n) is 4.96. The second-order valence-electron chi connectivity index (χ2n) is 6.71. The Morgan fingerprint density at radius 3 is 2.04 bits per heavy atom. The molecule has 0 bridgehead atoms. The number of hydrogen-bond acceptors (Lipinski definition) is 4. The molecule has 2 heterocycles. The van der Waals surface area contributed by atoms with E-state index in [1.54, 1.807) is 9.80 Å². The van der Waals surface area contributed by atoms with Crippen LogP contribution in [0.5, 0.6) is 0 Å². The number of benzene rings is 1. The van der Waals surface area contributed by atoms with Crippen LogP contribution in [0.2, 0.25) is 5.02 Å². The molecule has 0 aliphatic carbocycles. The van der Waals surface area contributed by atoms with Crippen molar-refractivity contribution in [2.24, 2.45) is 0 Å². The fourth-order valence-corrected chi connectivity index (χ4v) is 3.48. The number of likely N-dealkylation sites (N-methyl/N-ethyl adjacent to an activating group) is 1. The molecule has 2 aliphatic rings. The topological polar surface area (TPSA) is 47.1 Å². The van der Waals surface area contributed by atoms with Crippen molar-refractivity contribution >= 4 is 29.1 Å². The maximum Gasteiger partial charge on any atom is 0.232 e. The fourth-order valence-electron chi connectivity index (χ4n) is 3.30. The Balaban J connectivity index is 1.47. The van der Waals surface area contributed by atoms with Crippen molar-refractivity contribution in [2.45, 2.75) is 6.42 Å². The molecule has 136 valence electrons. The van der Waals surface area contributed by atoms with Crippen molar-refractivity contribution in [3.8, 4) is 0 Å². The van der Waals surface area contributed by atoms with Crippen LogP contribution in [-0.2, 0) is 9.59 Å². The normalized spacial score (nSPS) is 19.2. The van der Waals surface area contributed by atoms with E-state index in [9.17, 15) is 9.59 Å². The summed E-state index contributed by atoms with van der Waals surface area (Å²) in [6.07, 6.45) is -0.0130. The van der Waals surface area contributed by atoms with Gasteiger partial charge in [-0.2, -0.15) is 0 Å². The molecule has 0 atom stereocenters. The van der Waals surface area contributed by atoms with Crippen LogP contribution >= 0.6 is 11.6 Å². The highest BCUT2D eigenvalue weighted by molar-refractivity contribution is 6.30. The highest BCUT2D eigenvalue weighted by Gasteiger charge is 2.26. The zero-order valence-electron chi connectivity index (χ0n) is 14.7. The molecule has 6 nitrogen and oxygen atoms in total. The summed E-state index contributed by atoms with van der Waals surface area (Å²) < 4.78 is 0. The van der Waals surface area contributed by atoms with Gasteiger partial charge >= 0.3 is 0 Å². The Bertz CT molecular complexity index is 623. The van der Waals surface area contributed by atoms with Crippen LogP contribution in [0.1, 0.15) is 6.42 Å². The van der Waals surface area contributed by atoms with Gasteiger partial charge in [0.1, 0.15) is 6.42 Å². The second kappa shape index (κ2) is 8.06. The van der Waals surface area contributed by atoms with Crippen molar-refractivity contribution in [2.75, 3.05) is 64.3 Å². The molecular formula is C18H25ClN4O2. The van der Waals surface area contributed by atoms with Gasteiger partial charge in [0.15, 0.2) is 0 Å². The van der Waals surface area contributed by atoms with E-state index in [0.29, 0.717) is 31.2 Å². The zero-order chi connectivity index (χ0) is 17.8. The molecule has 0 aromatic heterocycles. The van der Waals surface area contributed by atoms with E-state index in [0.717, 1.165) is 31.9 Å². The highest BCUT2D eigenvalue weighted by Crippen LogP contribution is 2.21. The van der Waals surface area contributed by atoms with Gasteiger partial charge in [0.2, 0.25) is 11.8 Å². The molecule has 2 fully saturated rings. The number of nitrogens with zero attached hydrogens (tertiary/aromatic N) is 4.